The molecule has 0 amide bonds. The standard InChI is InChI=1S/C9H7ClN4O2/c1-5-7(10)4-14(13-5)9-11-2-6(3-12-9)8(15)16/h2-4H,1H3,(H,15,16). The summed E-state index contributed by atoms with van der Waals surface area (Å²) in [5.74, 6) is -0.791. The molecule has 82 valence electrons. The van der Waals surface area contributed by atoms with Crippen LogP contribution in [0.25, 0.3) is 5.95 Å². The number of aromatic carboxylic acids is 1. The summed E-state index contributed by atoms with van der Waals surface area (Å²) in [5, 5.41) is 13.2. The van der Waals surface area contributed by atoms with E-state index in [0.717, 1.165) is 0 Å². The molecule has 2 aromatic heterocycles. The zero-order valence-corrected chi connectivity index (χ0v) is 9.01. The number of rotatable bonds is 2. The minimum atomic E-state index is -1.07. The van der Waals surface area contributed by atoms with Gasteiger partial charge >= 0.3 is 5.97 Å². The molecule has 2 heterocycles. The molecule has 0 fully saturated rings. The van der Waals surface area contributed by atoms with E-state index in [1.54, 1.807) is 13.1 Å². The van der Waals surface area contributed by atoms with Crippen LogP contribution in [0.3, 0.4) is 0 Å². The van der Waals surface area contributed by atoms with Gasteiger partial charge in [-0.2, -0.15) is 5.10 Å². The molecule has 2 aromatic rings. The van der Waals surface area contributed by atoms with Crippen LogP contribution >= 0.6 is 11.6 Å². The molecule has 0 saturated heterocycles. The number of nitrogens with zero attached hydrogens (tertiary/aromatic N) is 4. The van der Waals surface area contributed by atoms with E-state index in [2.05, 4.69) is 15.1 Å². The minimum Gasteiger partial charge on any atom is -0.478 e. The van der Waals surface area contributed by atoms with Crippen LogP contribution in [-0.4, -0.2) is 30.8 Å². The molecule has 0 atom stereocenters. The topological polar surface area (TPSA) is 80.9 Å². The van der Waals surface area contributed by atoms with Crippen LogP contribution < -0.4 is 0 Å². The van der Waals surface area contributed by atoms with Gasteiger partial charge in [-0.05, 0) is 6.92 Å². The number of hydrogen-bond donors (Lipinski definition) is 1. The van der Waals surface area contributed by atoms with Gasteiger partial charge in [-0.15, -0.1) is 0 Å². The second-order valence-electron chi connectivity index (χ2n) is 3.08. The molecular weight excluding hydrogens is 232 g/mol. The number of aromatic nitrogens is 4. The number of hydrogen-bond acceptors (Lipinski definition) is 4. The zero-order valence-electron chi connectivity index (χ0n) is 8.25. The molecule has 16 heavy (non-hydrogen) atoms. The first-order valence-corrected chi connectivity index (χ1v) is 4.73. The fourth-order valence-electron chi connectivity index (χ4n) is 1.09. The predicted octanol–water partition coefficient (Wildman–Crippen LogP) is 1.32. The Bertz CT molecular complexity index is 515. The largest absolute Gasteiger partial charge is 0.478 e. The highest BCUT2D eigenvalue weighted by molar-refractivity contribution is 6.31. The van der Waals surface area contributed by atoms with E-state index < -0.39 is 5.97 Å². The molecule has 0 radical (unpaired) electrons. The zero-order chi connectivity index (χ0) is 11.7. The maximum absolute atomic E-state index is 10.6. The summed E-state index contributed by atoms with van der Waals surface area (Å²) in [4.78, 5) is 18.3. The average molecular weight is 239 g/mol. The van der Waals surface area contributed by atoms with Crippen molar-refractivity contribution in [3.8, 4) is 5.95 Å². The van der Waals surface area contributed by atoms with Gasteiger partial charge in [0.2, 0.25) is 0 Å². The van der Waals surface area contributed by atoms with E-state index in [-0.39, 0.29) is 11.5 Å². The Morgan fingerprint density at radius 3 is 2.50 bits per heavy atom. The van der Waals surface area contributed by atoms with Crippen molar-refractivity contribution in [3.05, 3.63) is 34.9 Å². The molecule has 2 rings (SSSR count). The summed E-state index contributed by atoms with van der Waals surface area (Å²) in [6, 6.07) is 0. The van der Waals surface area contributed by atoms with Gasteiger partial charge in [-0.3, -0.25) is 0 Å². The Morgan fingerprint density at radius 2 is 2.06 bits per heavy atom. The minimum absolute atomic E-state index is 0.0266. The quantitative estimate of drug-likeness (QED) is 0.853. The lowest BCUT2D eigenvalue weighted by molar-refractivity contribution is 0.0696. The average Bonchev–Trinajstić information content (AvgIpc) is 2.59. The van der Waals surface area contributed by atoms with Gasteiger partial charge in [-0.1, -0.05) is 11.6 Å². The lowest BCUT2D eigenvalue weighted by Crippen LogP contribution is -2.05. The monoisotopic (exact) mass is 238 g/mol. The number of carbonyl (C=O) groups is 1. The Kier molecular flexibility index (Phi) is 2.57. The van der Waals surface area contributed by atoms with Gasteiger partial charge in [0.05, 0.1) is 22.5 Å². The van der Waals surface area contributed by atoms with Crippen molar-refractivity contribution < 1.29 is 9.90 Å². The number of aryl methyl sites for hydroxylation is 1. The summed E-state index contributed by atoms with van der Waals surface area (Å²) < 4.78 is 1.39. The van der Waals surface area contributed by atoms with E-state index in [4.69, 9.17) is 16.7 Å². The van der Waals surface area contributed by atoms with Gasteiger partial charge in [0.25, 0.3) is 5.95 Å². The fraction of sp³-hybridized carbons (Fsp3) is 0.111. The van der Waals surface area contributed by atoms with Crippen molar-refractivity contribution in [2.45, 2.75) is 6.92 Å². The molecule has 0 unspecified atom stereocenters. The third-order valence-electron chi connectivity index (χ3n) is 1.93. The van der Waals surface area contributed by atoms with E-state index in [0.29, 0.717) is 10.7 Å². The van der Waals surface area contributed by atoms with Crippen LogP contribution in [0.1, 0.15) is 16.1 Å². The highest BCUT2D eigenvalue weighted by Gasteiger charge is 2.08. The summed E-state index contributed by atoms with van der Waals surface area (Å²) in [7, 11) is 0. The molecule has 0 aliphatic carbocycles. The summed E-state index contributed by atoms with van der Waals surface area (Å²) in [5.41, 5.74) is 0.686. The molecule has 0 aliphatic rings. The molecule has 1 N–H and O–H groups in total. The van der Waals surface area contributed by atoms with Gasteiger partial charge in [0.15, 0.2) is 0 Å². The van der Waals surface area contributed by atoms with Crippen molar-refractivity contribution in [3.63, 3.8) is 0 Å². The van der Waals surface area contributed by atoms with Crippen LogP contribution in [0, 0.1) is 6.92 Å². The Morgan fingerprint density at radius 1 is 1.44 bits per heavy atom. The third-order valence-corrected chi connectivity index (χ3v) is 2.30. The highest BCUT2D eigenvalue weighted by atomic mass is 35.5. The molecule has 7 heteroatoms. The van der Waals surface area contributed by atoms with Gasteiger partial charge in [-0.25, -0.2) is 19.4 Å². The van der Waals surface area contributed by atoms with Crippen LogP contribution in [0.5, 0.6) is 0 Å². The fourth-order valence-corrected chi connectivity index (χ4v) is 1.22. The Labute approximate surface area is 95.5 Å². The summed E-state index contributed by atoms with van der Waals surface area (Å²) in [6.07, 6.45) is 4.00. The van der Waals surface area contributed by atoms with Crippen LogP contribution in [0.4, 0.5) is 0 Å². The van der Waals surface area contributed by atoms with Gasteiger partial charge in [0, 0.05) is 12.4 Å². The second kappa shape index (κ2) is 3.90. The Hall–Kier alpha value is -1.95. The Balaban J connectivity index is 2.38. The third kappa shape index (κ3) is 1.87. The normalized spacial score (nSPS) is 10.4. The van der Waals surface area contributed by atoms with E-state index in [1.165, 1.54) is 17.1 Å². The van der Waals surface area contributed by atoms with Crippen molar-refractivity contribution in [1.82, 2.24) is 19.7 Å². The maximum Gasteiger partial charge on any atom is 0.338 e. The van der Waals surface area contributed by atoms with Crippen LogP contribution in [-0.2, 0) is 0 Å². The number of halogens is 1. The molecular formula is C9H7ClN4O2. The van der Waals surface area contributed by atoms with Gasteiger partial charge in [0.1, 0.15) is 0 Å². The molecule has 0 spiro atoms. The van der Waals surface area contributed by atoms with E-state index in [1.807, 2.05) is 0 Å². The first kappa shape index (κ1) is 10.6. The molecule has 0 bridgehead atoms. The van der Waals surface area contributed by atoms with Crippen LogP contribution in [0.2, 0.25) is 5.02 Å². The first-order valence-electron chi connectivity index (χ1n) is 4.35. The second-order valence-corrected chi connectivity index (χ2v) is 3.49. The SMILES string of the molecule is Cc1nn(-c2ncc(C(=O)O)cn2)cc1Cl. The molecule has 6 nitrogen and oxygen atoms in total. The first-order chi connectivity index (χ1) is 7.58. The lowest BCUT2D eigenvalue weighted by Gasteiger charge is -1.98. The van der Waals surface area contributed by atoms with Gasteiger partial charge < -0.3 is 5.11 Å². The molecule has 0 saturated carbocycles. The van der Waals surface area contributed by atoms with Crippen molar-refractivity contribution in [2.24, 2.45) is 0 Å². The lowest BCUT2D eigenvalue weighted by atomic mass is 10.4. The maximum atomic E-state index is 10.6. The molecule has 0 aliphatic heterocycles. The van der Waals surface area contributed by atoms with Crippen molar-refractivity contribution >= 4 is 17.6 Å². The summed E-state index contributed by atoms with van der Waals surface area (Å²) in [6.45, 7) is 1.75. The van der Waals surface area contributed by atoms with E-state index >= 15 is 0 Å². The molecule has 0 aromatic carbocycles. The predicted molar refractivity (Wildman–Crippen MR) is 55.9 cm³/mol. The van der Waals surface area contributed by atoms with Crippen LogP contribution in [0.15, 0.2) is 18.6 Å². The van der Waals surface area contributed by atoms with Crippen molar-refractivity contribution in [1.29, 1.82) is 0 Å². The highest BCUT2D eigenvalue weighted by Crippen LogP contribution is 2.13. The van der Waals surface area contributed by atoms with E-state index in [9.17, 15) is 4.79 Å². The summed E-state index contributed by atoms with van der Waals surface area (Å²) >= 11 is 5.83. The number of carboxylic acids is 1. The smallest absolute Gasteiger partial charge is 0.338 e. The number of carboxylic acid groups (broad SMARTS) is 1. The van der Waals surface area contributed by atoms with Crippen molar-refractivity contribution in [2.75, 3.05) is 0 Å².